The standard InChI is InChI=1S/C21H47BrNP/c1-5-9-13-16-23-17-14-15-21-24(22,18-10-6-2,19-11-7-3)20-12-8-4/h23H,5-21H2,1-4H3. The Morgan fingerprint density at radius 2 is 0.917 bits per heavy atom. The van der Waals surface area contributed by atoms with Gasteiger partial charge in [0.25, 0.3) is 0 Å². The molecule has 0 spiro atoms. The molecular formula is C21H47BrNP. The van der Waals surface area contributed by atoms with Gasteiger partial charge in [0.1, 0.15) is 0 Å². The van der Waals surface area contributed by atoms with Gasteiger partial charge in [-0.3, -0.25) is 0 Å². The average Bonchev–Trinajstić information content (AvgIpc) is 2.60. The molecule has 1 nitrogen and oxygen atoms in total. The second-order valence-corrected chi connectivity index (χ2v) is 19.4. The van der Waals surface area contributed by atoms with Crippen LogP contribution in [-0.2, 0) is 0 Å². The average molecular weight is 424 g/mol. The maximum atomic E-state index is 4.51. The Balaban J connectivity index is 4.44. The Morgan fingerprint density at radius 3 is 1.33 bits per heavy atom. The molecule has 0 aromatic heterocycles. The molecule has 0 aliphatic carbocycles. The Labute approximate surface area is 162 Å². The van der Waals surface area contributed by atoms with E-state index in [-0.39, 0.29) is 0 Å². The molecule has 0 fully saturated rings. The molecule has 0 radical (unpaired) electrons. The van der Waals surface area contributed by atoms with Gasteiger partial charge in [0, 0.05) is 0 Å². The molecule has 0 rings (SSSR count). The van der Waals surface area contributed by atoms with Crippen LogP contribution in [0.4, 0.5) is 0 Å². The number of halogens is 1. The van der Waals surface area contributed by atoms with Crippen molar-refractivity contribution in [1.29, 1.82) is 0 Å². The van der Waals surface area contributed by atoms with Crippen LogP contribution in [0.1, 0.15) is 98.3 Å². The molecule has 0 atom stereocenters. The van der Waals surface area contributed by atoms with Crippen LogP contribution < -0.4 is 5.32 Å². The van der Waals surface area contributed by atoms with E-state index in [2.05, 4.69) is 48.5 Å². The molecule has 0 aliphatic rings. The summed E-state index contributed by atoms with van der Waals surface area (Å²) in [6, 6.07) is 0. The van der Waals surface area contributed by atoms with Crippen LogP contribution in [0.3, 0.4) is 0 Å². The monoisotopic (exact) mass is 423 g/mol. The molecule has 0 bridgehead atoms. The molecule has 24 heavy (non-hydrogen) atoms. The number of hydrogen-bond acceptors (Lipinski definition) is 1. The molecule has 1 N–H and O–H groups in total. The van der Waals surface area contributed by atoms with Crippen molar-refractivity contribution in [2.24, 2.45) is 0 Å². The predicted molar refractivity (Wildman–Crippen MR) is 122 cm³/mol. The Hall–Kier alpha value is 0.870. The van der Waals surface area contributed by atoms with Crippen LogP contribution in [-0.4, -0.2) is 37.7 Å². The van der Waals surface area contributed by atoms with Crippen molar-refractivity contribution >= 4 is 20.8 Å². The molecular weight excluding hydrogens is 377 g/mol. The van der Waals surface area contributed by atoms with Gasteiger partial charge in [-0.05, 0) is 0 Å². The summed E-state index contributed by atoms with van der Waals surface area (Å²) in [6.07, 6.45) is 21.1. The molecule has 0 saturated carbocycles. The van der Waals surface area contributed by atoms with Gasteiger partial charge in [-0.25, -0.2) is 0 Å². The van der Waals surface area contributed by atoms with Crippen molar-refractivity contribution in [2.45, 2.75) is 98.3 Å². The predicted octanol–water partition coefficient (Wildman–Crippen LogP) is 7.81. The summed E-state index contributed by atoms with van der Waals surface area (Å²) in [7, 11) is 0. The second-order valence-electron chi connectivity index (χ2n) is 7.94. The second kappa shape index (κ2) is 15.0. The van der Waals surface area contributed by atoms with E-state index in [1.54, 1.807) is 0 Å². The fourth-order valence-electron chi connectivity index (χ4n) is 3.71. The van der Waals surface area contributed by atoms with Gasteiger partial charge < -0.3 is 0 Å². The van der Waals surface area contributed by atoms with E-state index >= 15 is 0 Å². The van der Waals surface area contributed by atoms with Crippen LogP contribution in [0.15, 0.2) is 0 Å². The summed E-state index contributed by atoms with van der Waals surface area (Å²) >= 11 is 4.51. The van der Waals surface area contributed by atoms with Crippen molar-refractivity contribution in [3.8, 4) is 0 Å². The van der Waals surface area contributed by atoms with Gasteiger partial charge in [-0.2, -0.15) is 0 Å². The molecule has 0 amide bonds. The van der Waals surface area contributed by atoms with Crippen molar-refractivity contribution in [3.63, 3.8) is 0 Å². The van der Waals surface area contributed by atoms with Crippen molar-refractivity contribution in [2.75, 3.05) is 37.7 Å². The fourth-order valence-corrected chi connectivity index (χ4v) is 12.4. The molecule has 0 aliphatic heterocycles. The van der Waals surface area contributed by atoms with E-state index in [0.717, 1.165) is 0 Å². The van der Waals surface area contributed by atoms with Gasteiger partial charge in [-0.1, -0.05) is 0 Å². The van der Waals surface area contributed by atoms with E-state index in [9.17, 15) is 0 Å². The summed E-state index contributed by atoms with van der Waals surface area (Å²) in [4.78, 5) is 0. The van der Waals surface area contributed by atoms with Crippen LogP contribution in [0, 0.1) is 0 Å². The third-order valence-corrected chi connectivity index (χ3v) is 15.5. The van der Waals surface area contributed by atoms with E-state index < -0.39 is 5.31 Å². The quantitative estimate of drug-likeness (QED) is 0.175. The van der Waals surface area contributed by atoms with Crippen molar-refractivity contribution < 1.29 is 0 Å². The zero-order valence-electron chi connectivity index (χ0n) is 17.3. The van der Waals surface area contributed by atoms with Gasteiger partial charge >= 0.3 is 162 Å². The summed E-state index contributed by atoms with van der Waals surface area (Å²) in [5, 5.41) is 2.01. The number of nitrogens with one attached hydrogen (secondary N) is 1. The van der Waals surface area contributed by atoms with Crippen molar-refractivity contribution in [3.05, 3.63) is 0 Å². The SMILES string of the molecule is CCCCCNCCCCP(Br)(CCCC)(CCCC)CCCC. The third-order valence-electron chi connectivity index (χ3n) is 5.49. The van der Waals surface area contributed by atoms with E-state index in [4.69, 9.17) is 0 Å². The molecule has 0 heterocycles. The van der Waals surface area contributed by atoms with E-state index in [1.165, 1.54) is 108 Å². The first-order valence-corrected chi connectivity index (χ1v) is 16.0. The summed E-state index contributed by atoms with van der Waals surface area (Å²) in [5.41, 5.74) is 0. The maximum absolute atomic E-state index is 4.51. The third kappa shape index (κ3) is 11.5. The Morgan fingerprint density at radius 1 is 0.542 bits per heavy atom. The summed E-state index contributed by atoms with van der Waals surface area (Å²) in [6.45, 7) is 11.8. The molecule has 0 saturated heterocycles. The van der Waals surface area contributed by atoms with Gasteiger partial charge in [-0.15, -0.1) is 0 Å². The number of hydrogen-bond donors (Lipinski definition) is 1. The van der Waals surface area contributed by atoms with E-state index in [0.29, 0.717) is 0 Å². The molecule has 3 heteroatoms. The molecule has 0 aromatic carbocycles. The Kier molecular flexibility index (Phi) is 15.5. The minimum absolute atomic E-state index is 1.22. The molecule has 148 valence electrons. The minimum atomic E-state index is -1.64. The zero-order valence-corrected chi connectivity index (χ0v) is 19.8. The van der Waals surface area contributed by atoms with Gasteiger partial charge in [0.2, 0.25) is 0 Å². The first-order chi connectivity index (χ1) is 11.5. The van der Waals surface area contributed by atoms with Gasteiger partial charge in [0.05, 0.1) is 0 Å². The zero-order chi connectivity index (χ0) is 18.2. The first kappa shape index (κ1) is 24.9. The first-order valence-electron chi connectivity index (χ1n) is 11.0. The topological polar surface area (TPSA) is 12.0 Å². The molecule has 0 unspecified atom stereocenters. The van der Waals surface area contributed by atoms with Crippen LogP contribution in [0.25, 0.3) is 0 Å². The van der Waals surface area contributed by atoms with Crippen LogP contribution in [0.2, 0.25) is 0 Å². The fraction of sp³-hybridized carbons (Fsp3) is 1.00. The molecule has 0 aromatic rings. The number of rotatable bonds is 18. The van der Waals surface area contributed by atoms with E-state index in [1.807, 2.05) is 0 Å². The summed E-state index contributed by atoms with van der Waals surface area (Å²) < 4.78 is 0. The van der Waals surface area contributed by atoms with Crippen molar-refractivity contribution in [1.82, 2.24) is 5.32 Å². The van der Waals surface area contributed by atoms with Crippen LogP contribution in [0.5, 0.6) is 0 Å². The van der Waals surface area contributed by atoms with Gasteiger partial charge in [0.15, 0.2) is 0 Å². The summed E-state index contributed by atoms with van der Waals surface area (Å²) in [5.74, 6) is 0. The number of unbranched alkanes of at least 4 members (excludes halogenated alkanes) is 6. The normalized spacial score (nSPS) is 13.8. The Bertz CT molecular complexity index is 258. The van der Waals surface area contributed by atoms with Crippen LogP contribution >= 0.6 is 20.8 Å².